The van der Waals surface area contributed by atoms with E-state index in [9.17, 15) is 9.59 Å². The van der Waals surface area contributed by atoms with E-state index in [0.717, 1.165) is 12.8 Å². The van der Waals surface area contributed by atoms with Crippen molar-refractivity contribution >= 4 is 12.0 Å². The summed E-state index contributed by atoms with van der Waals surface area (Å²) in [6, 6.07) is 0.497. The quantitative estimate of drug-likeness (QED) is 0.748. The number of ether oxygens (including phenoxy) is 1. The first-order chi connectivity index (χ1) is 10.1. The van der Waals surface area contributed by atoms with Crippen LogP contribution in [0.2, 0.25) is 0 Å². The van der Waals surface area contributed by atoms with Crippen molar-refractivity contribution in [3.63, 3.8) is 0 Å². The van der Waals surface area contributed by atoms with Crippen molar-refractivity contribution in [2.45, 2.75) is 57.0 Å². The highest BCUT2D eigenvalue weighted by molar-refractivity contribution is 5.72. The molecule has 6 nitrogen and oxygen atoms in total. The van der Waals surface area contributed by atoms with Crippen LogP contribution in [0.3, 0.4) is 0 Å². The zero-order valence-electron chi connectivity index (χ0n) is 12.8. The minimum Gasteiger partial charge on any atom is -0.469 e. The van der Waals surface area contributed by atoms with E-state index in [2.05, 4.69) is 5.32 Å². The van der Waals surface area contributed by atoms with E-state index in [1.54, 1.807) is 4.90 Å². The van der Waals surface area contributed by atoms with Crippen LogP contribution < -0.4 is 11.1 Å². The van der Waals surface area contributed by atoms with Gasteiger partial charge in [0.25, 0.3) is 0 Å². The van der Waals surface area contributed by atoms with Gasteiger partial charge in [0.1, 0.15) is 0 Å². The summed E-state index contributed by atoms with van der Waals surface area (Å²) in [5.41, 5.74) is 5.45. The number of methoxy groups -OCH3 is 1. The molecule has 0 aromatic rings. The molecule has 1 saturated heterocycles. The number of rotatable bonds is 5. The monoisotopic (exact) mass is 297 g/mol. The molecule has 21 heavy (non-hydrogen) atoms. The van der Waals surface area contributed by atoms with Gasteiger partial charge in [0.15, 0.2) is 0 Å². The topological polar surface area (TPSA) is 84.7 Å². The number of carbonyl (C=O) groups is 2. The number of primary amides is 1. The number of hydrogen-bond donors (Lipinski definition) is 2. The maximum atomic E-state index is 11.5. The average Bonchev–Trinajstić information content (AvgIpc) is 2.97. The molecule has 2 amide bonds. The lowest BCUT2D eigenvalue weighted by Crippen LogP contribution is -2.54. The van der Waals surface area contributed by atoms with Gasteiger partial charge in [-0.3, -0.25) is 4.79 Å². The maximum Gasteiger partial charge on any atom is 0.314 e. The van der Waals surface area contributed by atoms with Crippen molar-refractivity contribution < 1.29 is 14.3 Å². The molecule has 0 aromatic carbocycles. The number of nitrogens with one attached hydrogen (secondary N) is 1. The highest BCUT2D eigenvalue weighted by Crippen LogP contribution is 2.24. The van der Waals surface area contributed by atoms with E-state index >= 15 is 0 Å². The average molecular weight is 297 g/mol. The van der Waals surface area contributed by atoms with Crippen LogP contribution in [0.5, 0.6) is 0 Å². The molecule has 0 aromatic heterocycles. The number of piperidine rings is 1. The summed E-state index contributed by atoms with van der Waals surface area (Å²) in [5.74, 6) is 0.121. The van der Waals surface area contributed by atoms with Gasteiger partial charge in [-0.05, 0) is 31.6 Å². The Balaban J connectivity index is 1.87. The Bertz CT molecular complexity index is 369. The third-order valence-corrected chi connectivity index (χ3v) is 4.66. The van der Waals surface area contributed by atoms with E-state index in [-0.39, 0.29) is 18.0 Å². The van der Waals surface area contributed by atoms with Gasteiger partial charge in [0.2, 0.25) is 0 Å². The fourth-order valence-corrected chi connectivity index (χ4v) is 3.56. The molecule has 1 aliphatic carbocycles. The van der Waals surface area contributed by atoms with E-state index in [4.69, 9.17) is 10.5 Å². The molecular weight excluding hydrogens is 270 g/mol. The molecule has 3 N–H and O–H groups in total. The molecule has 2 rings (SSSR count). The maximum absolute atomic E-state index is 11.5. The normalized spacial score (nSPS) is 26.8. The number of carbonyl (C=O) groups excluding carboxylic acids is 2. The number of hydrogen-bond acceptors (Lipinski definition) is 4. The second-order valence-corrected chi connectivity index (χ2v) is 6.30. The van der Waals surface area contributed by atoms with E-state index in [1.807, 2.05) is 0 Å². The smallest absolute Gasteiger partial charge is 0.314 e. The third-order valence-electron chi connectivity index (χ3n) is 4.66. The van der Waals surface area contributed by atoms with Gasteiger partial charge in [-0.25, -0.2) is 4.79 Å². The molecule has 0 radical (unpaired) electrons. The molecular formula is C15H27N3O3. The van der Waals surface area contributed by atoms with Crippen LogP contribution in [-0.2, 0) is 9.53 Å². The van der Waals surface area contributed by atoms with Crippen LogP contribution in [0.25, 0.3) is 0 Å². The van der Waals surface area contributed by atoms with Crippen molar-refractivity contribution in [2.24, 2.45) is 11.7 Å². The molecule has 120 valence electrons. The molecule has 1 heterocycles. The lowest BCUT2D eigenvalue weighted by Gasteiger charge is -2.38. The molecule has 0 bridgehead atoms. The predicted octanol–water partition coefficient (Wildman–Crippen LogP) is 1.24. The minimum absolute atomic E-state index is 0.188. The van der Waals surface area contributed by atoms with Crippen molar-refractivity contribution in [2.75, 3.05) is 20.2 Å². The second-order valence-electron chi connectivity index (χ2n) is 6.30. The van der Waals surface area contributed by atoms with Crippen LogP contribution in [0.1, 0.15) is 44.9 Å². The zero-order valence-corrected chi connectivity index (χ0v) is 12.8. The van der Waals surface area contributed by atoms with Gasteiger partial charge in [-0.15, -0.1) is 0 Å². The molecule has 2 aliphatic rings. The summed E-state index contributed by atoms with van der Waals surface area (Å²) in [5, 5.41) is 3.67. The Morgan fingerprint density at radius 1 is 1.24 bits per heavy atom. The lowest BCUT2D eigenvalue weighted by molar-refractivity contribution is -0.141. The standard InChI is InChI=1S/C15H27N3O3/c1-21-14(19)7-6-11-8-13(10-18(9-11)15(16)20)17-12-4-2-3-5-12/h11-13,17H,2-10H2,1H3,(H2,16,20). The predicted molar refractivity (Wildman–Crippen MR) is 79.7 cm³/mol. The lowest BCUT2D eigenvalue weighted by atomic mass is 9.90. The van der Waals surface area contributed by atoms with Crippen LogP contribution in [0.4, 0.5) is 4.79 Å². The first-order valence-corrected chi connectivity index (χ1v) is 7.95. The van der Waals surface area contributed by atoms with Crippen LogP contribution in [0, 0.1) is 5.92 Å². The molecule has 1 saturated carbocycles. The molecule has 1 aliphatic heterocycles. The van der Waals surface area contributed by atoms with Gasteiger partial charge in [0.05, 0.1) is 7.11 Å². The molecule has 6 heteroatoms. The van der Waals surface area contributed by atoms with Crippen molar-refractivity contribution in [1.82, 2.24) is 10.2 Å². The Kier molecular flexibility index (Phi) is 5.85. The SMILES string of the molecule is COC(=O)CCC1CC(NC2CCCC2)CN(C(N)=O)C1. The minimum atomic E-state index is -0.365. The Morgan fingerprint density at radius 3 is 2.57 bits per heavy atom. The van der Waals surface area contributed by atoms with Gasteiger partial charge in [-0.1, -0.05) is 12.8 Å². The Labute approximate surface area is 126 Å². The van der Waals surface area contributed by atoms with Crippen molar-refractivity contribution in [3.05, 3.63) is 0 Å². The van der Waals surface area contributed by atoms with Crippen LogP contribution in [-0.4, -0.2) is 49.2 Å². The summed E-state index contributed by atoms with van der Waals surface area (Å²) in [4.78, 5) is 24.5. The molecule has 2 unspecified atom stereocenters. The number of likely N-dealkylation sites (tertiary alicyclic amines) is 1. The number of urea groups is 1. The molecule has 0 spiro atoms. The summed E-state index contributed by atoms with van der Waals surface area (Å²) < 4.78 is 4.69. The first-order valence-electron chi connectivity index (χ1n) is 7.95. The summed E-state index contributed by atoms with van der Waals surface area (Å²) in [7, 11) is 1.41. The fraction of sp³-hybridized carbons (Fsp3) is 0.867. The summed E-state index contributed by atoms with van der Waals surface area (Å²) >= 11 is 0. The fourth-order valence-electron chi connectivity index (χ4n) is 3.56. The first kappa shape index (κ1) is 16.1. The van der Waals surface area contributed by atoms with Crippen molar-refractivity contribution in [1.29, 1.82) is 0 Å². The molecule has 2 fully saturated rings. The Morgan fingerprint density at radius 2 is 1.95 bits per heavy atom. The zero-order chi connectivity index (χ0) is 15.2. The number of esters is 1. The highest BCUT2D eigenvalue weighted by atomic mass is 16.5. The number of nitrogens with zero attached hydrogens (tertiary/aromatic N) is 1. The summed E-state index contributed by atoms with van der Waals surface area (Å²) in [6.45, 7) is 1.33. The van der Waals surface area contributed by atoms with E-state index in [0.29, 0.717) is 31.5 Å². The van der Waals surface area contributed by atoms with Crippen LogP contribution >= 0.6 is 0 Å². The van der Waals surface area contributed by atoms with Crippen LogP contribution in [0.15, 0.2) is 0 Å². The second kappa shape index (κ2) is 7.64. The van der Waals surface area contributed by atoms with E-state index in [1.165, 1.54) is 32.8 Å². The third kappa shape index (κ3) is 4.88. The van der Waals surface area contributed by atoms with Gasteiger partial charge in [-0.2, -0.15) is 0 Å². The van der Waals surface area contributed by atoms with Crippen molar-refractivity contribution in [3.8, 4) is 0 Å². The van der Waals surface area contributed by atoms with E-state index < -0.39 is 0 Å². The highest BCUT2D eigenvalue weighted by Gasteiger charge is 2.31. The molecule has 2 atom stereocenters. The number of nitrogens with two attached hydrogens (primary N) is 1. The largest absolute Gasteiger partial charge is 0.469 e. The van der Waals surface area contributed by atoms with Gasteiger partial charge < -0.3 is 20.7 Å². The van der Waals surface area contributed by atoms with Gasteiger partial charge in [0, 0.05) is 31.6 Å². The number of amides is 2. The Hall–Kier alpha value is -1.30. The van der Waals surface area contributed by atoms with Gasteiger partial charge >= 0.3 is 12.0 Å². The summed E-state index contributed by atoms with van der Waals surface area (Å²) in [6.07, 6.45) is 7.17.